The van der Waals surface area contributed by atoms with Crippen LogP contribution in [0.5, 0.6) is 0 Å². The van der Waals surface area contributed by atoms with E-state index in [9.17, 15) is 9.90 Å². The molecule has 150 valence electrons. The summed E-state index contributed by atoms with van der Waals surface area (Å²) >= 11 is 0. The molecular formula is C22H29N3O3. The first kappa shape index (κ1) is 19.2. The van der Waals surface area contributed by atoms with Crippen LogP contribution < -0.4 is 5.56 Å². The van der Waals surface area contributed by atoms with Gasteiger partial charge in [-0.1, -0.05) is 11.2 Å². The highest BCUT2D eigenvalue weighted by molar-refractivity contribution is 6.04. The number of aliphatic hydroxyl groups is 1. The van der Waals surface area contributed by atoms with Gasteiger partial charge in [0.05, 0.1) is 11.8 Å². The van der Waals surface area contributed by atoms with Crippen molar-refractivity contribution in [3.8, 4) is 0 Å². The van der Waals surface area contributed by atoms with Gasteiger partial charge in [0, 0.05) is 35.7 Å². The Labute approximate surface area is 165 Å². The number of aromatic amines is 1. The second-order valence-corrected chi connectivity index (χ2v) is 8.08. The normalized spacial score (nSPS) is 27.1. The summed E-state index contributed by atoms with van der Waals surface area (Å²) in [5.41, 5.74) is 2.77. The summed E-state index contributed by atoms with van der Waals surface area (Å²) in [6, 6.07) is 10.0. The van der Waals surface area contributed by atoms with E-state index in [-0.39, 0.29) is 11.7 Å². The minimum absolute atomic E-state index is 0.0912. The zero-order chi connectivity index (χ0) is 19.5. The first-order chi connectivity index (χ1) is 13.6. The van der Waals surface area contributed by atoms with Gasteiger partial charge in [-0.2, -0.15) is 0 Å². The quantitative estimate of drug-likeness (QED) is 0.629. The summed E-state index contributed by atoms with van der Waals surface area (Å²) in [6.07, 6.45) is 6.10. The van der Waals surface area contributed by atoms with Gasteiger partial charge in [0.1, 0.15) is 7.11 Å². The number of benzene rings is 1. The summed E-state index contributed by atoms with van der Waals surface area (Å²) in [6.45, 7) is 2.10. The van der Waals surface area contributed by atoms with Crippen LogP contribution in [0.15, 0.2) is 40.3 Å². The highest BCUT2D eigenvalue weighted by Crippen LogP contribution is 2.29. The van der Waals surface area contributed by atoms with E-state index in [4.69, 9.17) is 4.84 Å². The van der Waals surface area contributed by atoms with Crippen molar-refractivity contribution in [2.24, 2.45) is 11.1 Å². The molecule has 2 N–H and O–H groups in total. The number of pyridine rings is 1. The number of aromatic nitrogens is 1. The molecule has 0 bridgehead atoms. The highest BCUT2D eigenvalue weighted by Gasteiger charge is 2.31. The first-order valence-corrected chi connectivity index (χ1v) is 10.3. The number of likely N-dealkylation sites (tertiary alicyclic amines) is 1. The van der Waals surface area contributed by atoms with E-state index in [1.807, 2.05) is 18.2 Å². The third-order valence-electron chi connectivity index (χ3n) is 6.23. The minimum atomic E-state index is -0.119. The molecule has 4 rings (SSSR count). The fraction of sp³-hybridized carbons (Fsp3) is 0.545. The van der Waals surface area contributed by atoms with E-state index in [2.05, 4.69) is 21.1 Å². The fourth-order valence-corrected chi connectivity index (χ4v) is 4.76. The minimum Gasteiger partial charge on any atom is -0.399 e. The van der Waals surface area contributed by atoms with Crippen molar-refractivity contribution in [1.82, 2.24) is 9.88 Å². The Hall–Kier alpha value is -2.18. The van der Waals surface area contributed by atoms with Crippen LogP contribution in [-0.4, -0.2) is 53.0 Å². The third kappa shape index (κ3) is 4.13. The molecule has 6 heteroatoms. The van der Waals surface area contributed by atoms with Crippen LogP contribution in [0.4, 0.5) is 0 Å². The van der Waals surface area contributed by atoms with Crippen molar-refractivity contribution in [2.45, 2.75) is 50.7 Å². The highest BCUT2D eigenvalue weighted by atomic mass is 16.6. The predicted octanol–water partition coefficient (Wildman–Crippen LogP) is 2.89. The van der Waals surface area contributed by atoms with Gasteiger partial charge >= 0.3 is 0 Å². The largest absolute Gasteiger partial charge is 0.399 e. The van der Waals surface area contributed by atoms with E-state index in [0.29, 0.717) is 12.0 Å². The van der Waals surface area contributed by atoms with Gasteiger partial charge in [0.15, 0.2) is 0 Å². The lowest BCUT2D eigenvalue weighted by molar-refractivity contribution is 0.0588. The third-order valence-corrected chi connectivity index (χ3v) is 6.23. The molecule has 2 aromatic rings. The van der Waals surface area contributed by atoms with E-state index < -0.39 is 0 Å². The molecule has 6 nitrogen and oxygen atoms in total. The smallest absolute Gasteiger partial charge is 0.248 e. The molecule has 1 unspecified atom stereocenters. The van der Waals surface area contributed by atoms with Gasteiger partial charge in [0.2, 0.25) is 5.56 Å². The monoisotopic (exact) mass is 383 g/mol. The predicted molar refractivity (Wildman–Crippen MR) is 111 cm³/mol. The van der Waals surface area contributed by atoms with Gasteiger partial charge in [-0.05, 0) is 68.7 Å². The molecule has 1 aromatic carbocycles. The Morgan fingerprint density at radius 1 is 1.18 bits per heavy atom. The van der Waals surface area contributed by atoms with Gasteiger partial charge < -0.3 is 14.9 Å². The number of nitrogens with one attached hydrogen (secondary N) is 1. The molecular weight excluding hydrogens is 354 g/mol. The average molecular weight is 383 g/mol. The maximum atomic E-state index is 11.5. The standard InChI is InChI=1S/C22H29N3O3/c1-28-24-22(16-4-10-20-15(13-16)5-11-21(27)23-20)17-3-2-12-25(14-17)18-6-8-19(26)9-7-18/h4-5,10-11,13,17-19,26H,2-3,6-9,12,14H2,1H3,(H,23,27)/b24-22-. The van der Waals surface area contributed by atoms with E-state index in [0.717, 1.165) is 73.8 Å². The topological polar surface area (TPSA) is 77.9 Å². The number of rotatable bonds is 4. The molecule has 1 saturated carbocycles. The summed E-state index contributed by atoms with van der Waals surface area (Å²) in [4.78, 5) is 22.2. The van der Waals surface area contributed by atoms with Crippen molar-refractivity contribution in [3.05, 3.63) is 46.2 Å². The second kappa shape index (κ2) is 8.45. The zero-order valence-electron chi connectivity index (χ0n) is 16.4. The van der Waals surface area contributed by atoms with Crippen LogP contribution in [0.3, 0.4) is 0 Å². The first-order valence-electron chi connectivity index (χ1n) is 10.3. The van der Waals surface area contributed by atoms with Crippen LogP contribution in [-0.2, 0) is 4.84 Å². The molecule has 1 aliphatic heterocycles. The Morgan fingerprint density at radius 3 is 2.79 bits per heavy atom. The number of hydrogen-bond acceptors (Lipinski definition) is 5. The molecule has 2 fully saturated rings. The zero-order valence-corrected chi connectivity index (χ0v) is 16.4. The van der Waals surface area contributed by atoms with Crippen molar-refractivity contribution in [3.63, 3.8) is 0 Å². The average Bonchev–Trinajstić information content (AvgIpc) is 2.72. The van der Waals surface area contributed by atoms with Gasteiger partial charge in [0.25, 0.3) is 0 Å². The second-order valence-electron chi connectivity index (χ2n) is 8.08. The molecule has 28 heavy (non-hydrogen) atoms. The van der Waals surface area contributed by atoms with Crippen LogP contribution in [0, 0.1) is 5.92 Å². The maximum Gasteiger partial charge on any atom is 0.248 e. The van der Waals surface area contributed by atoms with Crippen LogP contribution in [0.1, 0.15) is 44.1 Å². The molecule has 2 heterocycles. The van der Waals surface area contributed by atoms with Crippen LogP contribution >= 0.6 is 0 Å². The number of fused-ring (bicyclic) bond motifs is 1. The van der Waals surface area contributed by atoms with Crippen LogP contribution in [0.25, 0.3) is 10.9 Å². The molecule has 0 radical (unpaired) electrons. The number of nitrogens with zero attached hydrogens (tertiary/aromatic N) is 2. The summed E-state index contributed by atoms with van der Waals surface area (Å²) in [7, 11) is 1.60. The number of hydrogen-bond donors (Lipinski definition) is 2. The molecule has 1 saturated heterocycles. The van der Waals surface area contributed by atoms with E-state index in [1.165, 1.54) is 0 Å². The van der Waals surface area contributed by atoms with Crippen LogP contribution in [0.2, 0.25) is 0 Å². The molecule has 0 spiro atoms. The Bertz CT molecular complexity index is 899. The number of oxime groups is 1. The van der Waals surface area contributed by atoms with Gasteiger partial charge in [-0.3, -0.25) is 9.69 Å². The van der Waals surface area contributed by atoms with Crippen molar-refractivity contribution in [1.29, 1.82) is 0 Å². The number of H-pyrrole nitrogens is 1. The SMILES string of the molecule is CO/N=C(/c1ccc2[nH]c(=O)ccc2c1)C1CCCN(C2CCC(O)CC2)C1. The lowest BCUT2D eigenvalue weighted by Gasteiger charge is -2.41. The van der Waals surface area contributed by atoms with Crippen molar-refractivity contribution >= 4 is 16.6 Å². The molecule has 0 amide bonds. The van der Waals surface area contributed by atoms with E-state index >= 15 is 0 Å². The molecule has 1 aromatic heterocycles. The molecule has 2 aliphatic rings. The Balaban J connectivity index is 1.56. The van der Waals surface area contributed by atoms with E-state index in [1.54, 1.807) is 13.2 Å². The summed E-state index contributed by atoms with van der Waals surface area (Å²) in [5, 5.41) is 15.2. The Kier molecular flexibility index (Phi) is 5.78. The number of aliphatic hydroxyl groups excluding tert-OH is 1. The van der Waals surface area contributed by atoms with Gasteiger partial charge in [-0.15, -0.1) is 0 Å². The maximum absolute atomic E-state index is 11.5. The number of piperidine rings is 1. The van der Waals surface area contributed by atoms with Crippen molar-refractivity contribution < 1.29 is 9.94 Å². The summed E-state index contributed by atoms with van der Waals surface area (Å²) < 4.78 is 0. The van der Waals surface area contributed by atoms with Crippen molar-refractivity contribution in [2.75, 3.05) is 20.2 Å². The molecule has 1 atom stereocenters. The lowest BCUT2D eigenvalue weighted by Crippen LogP contribution is -2.46. The Morgan fingerprint density at radius 2 is 2.00 bits per heavy atom. The fourth-order valence-electron chi connectivity index (χ4n) is 4.76. The lowest BCUT2D eigenvalue weighted by atomic mass is 9.85. The summed E-state index contributed by atoms with van der Waals surface area (Å²) in [5.74, 6) is 0.320. The molecule has 1 aliphatic carbocycles. The van der Waals surface area contributed by atoms with Gasteiger partial charge in [-0.25, -0.2) is 0 Å².